The lowest BCUT2D eigenvalue weighted by atomic mass is 10.1. The number of nitrogens with zero attached hydrogens (tertiary/aromatic N) is 2. The molecule has 0 atom stereocenters. The molecule has 0 fully saturated rings. The Morgan fingerprint density at radius 2 is 2.00 bits per heavy atom. The number of hydrogen-bond donors (Lipinski definition) is 2. The van der Waals surface area contributed by atoms with Crippen LogP contribution in [0.2, 0.25) is 0 Å². The minimum atomic E-state index is -0.00580. The molecule has 2 aromatic rings. The van der Waals surface area contributed by atoms with Crippen molar-refractivity contribution in [2.45, 2.75) is 20.4 Å². The Balaban J connectivity index is 2.20. The lowest BCUT2D eigenvalue weighted by Crippen LogP contribution is -2.22. The Kier molecular flexibility index (Phi) is 4.08. The van der Waals surface area contributed by atoms with Crippen LogP contribution in [-0.4, -0.2) is 35.1 Å². The molecule has 0 radical (unpaired) electrons. The summed E-state index contributed by atoms with van der Waals surface area (Å²) < 4.78 is 0. The van der Waals surface area contributed by atoms with Gasteiger partial charge in [0.2, 0.25) is 0 Å². The van der Waals surface area contributed by atoms with Crippen LogP contribution >= 0.6 is 0 Å². The predicted molar refractivity (Wildman–Crippen MR) is 79.8 cm³/mol. The zero-order valence-corrected chi connectivity index (χ0v) is 12.3. The average Bonchev–Trinajstić information content (AvgIpc) is 2.75. The van der Waals surface area contributed by atoms with Crippen LogP contribution in [0.5, 0.6) is 0 Å². The van der Waals surface area contributed by atoms with Crippen LogP contribution in [0.15, 0.2) is 24.3 Å². The molecule has 1 heterocycles. The van der Waals surface area contributed by atoms with Gasteiger partial charge in [0.15, 0.2) is 0 Å². The molecular weight excluding hydrogens is 252 g/mol. The monoisotopic (exact) mass is 272 g/mol. The number of anilines is 1. The molecule has 2 N–H and O–H groups in total. The second kappa shape index (κ2) is 5.77. The maximum atomic E-state index is 12.1. The molecular formula is C15H20N4O. The zero-order chi connectivity index (χ0) is 14.7. The highest BCUT2D eigenvalue weighted by molar-refractivity contribution is 5.99. The highest BCUT2D eigenvalue weighted by Gasteiger charge is 2.13. The zero-order valence-electron chi connectivity index (χ0n) is 12.3. The Labute approximate surface area is 119 Å². The van der Waals surface area contributed by atoms with E-state index in [1.54, 1.807) is 19.0 Å². The highest BCUT2D eigenvalue weighted by Crippen LogP contribution is 2.19. The topological polar surface area (TPSA) is 61.0 Å². The predicted octanol–water partition coefficient (Wildman–Crippen LogP) is 2.34. The summed E-state index contributed by atoms with van der Waals surface area (Å²) in [5, 5.41) is 10.5. The average molecular weight is 272 g/mol. The van der Waals surface area contributed by atoms with Crippen LogP contribution in [0, 0.1) is 13.8 Å². The molecule has 0 saturated heterocycles. The Hall–Kier alpha value is -2.30. The van der Waals surface area contributed by atoms with E-state index in [-0.39, 0.29) is 5.91 Å². The van der Waals surface area contributed by atoms with Crippen molar-refractivity contribution in [2.24, 2.45) is 0 Å². The minimum Gasteiger partial charge on any atom is -0.380 e. The molecule has 0 aliphatic heterocycles. The summed E-state index contributed by atoms with van der Waals surface area (Å²) >= 11 is 0. The van der Waals surface area contributed by atoms with Gasteiger partial charge in [-0.3, -0.25) is 9.89 Å². The van der Waals surface area contributed by atoms with Gasteiger partial charge in [0.25, 0.3) is 5.91 Å². The summed E-state index contributed by atoms with van der Waals surface area (Å²) in [5.41, 5.74) is 4.68. The van der Waals surface area contributed by atoms with Gasteiger partial charge in [-0.2, -0.15) is 5.10 Å². The van der Waals surface area contributed by atoms with Crippen LogP contribution in [0.25, 0.3) is 0 Å². The number of carbonyl (C=O) groups is 1. The molecule has 20 heavy (non-hydrogen) atoms. The number of para-hydroxylation sites is 1. The van der Waals surface area contributed by atoms with Crippen LogP contribution < -0.4 is 5.32 Å². The summed E-state index contributed by atoms with van der Waals surface area (Å²) in [5.74, 6) is -0.00580. The van der Waals surface area contributed by atoms with E-state index in [4.69, 9.17) is 0 Å². The number of benzene rings is 1. The molecule has 5 heteroatoms. The Morgan fingerprint density at radius 1 is 1.30 bits per heavy atom. The number of aryl methyl sites for hydroxylation is 2. The van der Waals surface area contributed by atoms with Crippen LogP contribution in [-0.2, 0) is 6.54 Å². The van der Waals surface area contributed by atoms with E-state index in [0.717, 1.165) is 22.6 Å². The second-order valence-corrected chi connectivity index (χ2v) is 5.01. The normalized spacial score (nSPS) is 10.4. The molecule has 0 bridgehead atoms. The Morgan fingerprint density at radius 3 is 2.60 bits per heavy atom. The summed E-state index contributed by atoms with van der Waals surface area (Å²) in [6, 6.07) is 7.54. The Bertz CT molecular complexity index is 597. The molecule has 0 aliphatic rings. The van der Waals surface area contributed by atoms with Gasteiger partial charge >= 0.3 is 0 Å². The van der Waals surface area contributed by atoms with E-state index in [1.165, 1.54) is 0 Å². The van der Waals surface area contributed by atoms with Crippen molar-refractivity contribution < 1.29 is 4.79 Å². The first-order valence-corrected chi connectivity index (χ1v) is 6.55. The molecule has 2 rings (SSSR count). The van der Waals surface area contributed by atoms with E-state index >= 15 is 0 Å². The quantitative estimate of drug-likeness (QED) is 0.898. The lowest BCUT2D eigenvalue weighted by Gasteiger charge is -2.15. The van der Waals surface area contributed by atoms with Gasteiger partial charge in [0.1, 0.15) is 0 Å². The van der Waals surface area contributed by atoms with E-state index in [1.807, 2.05) is 38.1 Å². The van der Waals surface area contributed by atoms with Crippen molar-refractivity contribution in [2.75, 3.05) is 19.4 Å². The molecule has 1 aromatic heterocycles. The number of hydrogen-bond acceptors (Lipinski definition) is 3. The van der Waals surface area contributed by atoms with Crippen LogP contribution in [0.1, 0.15) is 27.3 Å². The molecule has 0 aliphatic carbocycles. The number of amides is 1. The summed E-state index contributed by atoms with van der Waals surface area (Å²) in [6.07, 6.45) is 0. The van der Waals surface area contributed by atoms with Crippen molar-refractivity contribution in [1.82, 2.24) is 15.1 Å². The summed E-state index contributed by atoms with van der Waals surface area (Å²) in [4.78, 5) is 13.7. The van der Waals surface area contributed by atoms with Gasteiger partial charge in [-0.25, -0.2) is 0 Å². The van der Waals surface area contributed by atoms with E-state index in [2.05, 4.69) is 15.5 Å². The van der Waals surface area contributed by atoms with Crippen molar-refractivity contribution in [3.63, 3.8) is 0 Å². The van der Waals surface area contributed by atoms with E-state index < -0.39 is 0 Å². The lowest BCUT2D eigenvalue weighted by molar-refractivity contribution is 0.0828. The van der Waals surface area contributed by atoms with Gasteiger partial charge in [0.05, 0.1) is 11.3 Å². The molecule has 1 amide bonds. The first kappa shape index (κ1) is 14.1. The van der Waals surface area contributed by atoms with Gasteiger partial charge in [-0.1, -0.05) is 12.1 Å². The third-order valence-corrected chi connectivity index (χ3v) is 3.30. The third kappa shape index (κ3) is 2.82. The first-order valence-electron chi connectivity index (χ1n) is 6.55. The molecule has 0 unspecified atom stereocenters. The van der Waals surface area contributed by atoms with Gasteiger partial charge < -0.3 is 10.2 Å². The third-order valence-electron chi connectivity index (χ3n) is 3.30. The number of nitrogens with one attached hydrogen (secondary N) is 2. The number of aromatic nitrogens is 2. The van der Waals surface area contributed by atoms with E-state index in [9.17, 15) is 4.79 Å². The van der Waals surface area contributed by atoms with Gasteiger partial charge in [-0.15, -0.1) is 0 Å². The minimum absolute atomic E-state index is 0.00580. The van der Waals surface area contributed by atoms with Crippen molar-refractivity contribution in [3.8, 4) is 0 Å². The molecule has 106 valence electrons. The van der Waals surface area contributed by atoms with Crippen molar-refractivity contribution in [1.29, 1.82) is 0 Å². The van der Waals surface area contributed by atoms with Gasteiger partial charge in [0, 0.05) is 37.6 Å². The summed E-state index contributed by atoms with van der Waals surface area (Å²) in [6.45, 7) is 4.61. The largest absolute Gasteiger partial charge is 0.380 e. The summed E-state index contributed by atoms with van der Waals surface area (Å²) in [7, 11) is 3.51. The fraction of sp³-hybridized carbons (Fsp3) is 0.333. The van der Waals surface area contributed by atoms with Crippen LogP contribution in [0.3, 0.4) is 0 Å². The van der Waals surface area contributed by atoms with E-state index in [0.29, 0.717) is 12.1 Å². The maximum Gasteiger partial charge on any atom is 0.255 e. The number of carbonyl (C=O) groups excluding carboxylic acids is 1. The highest BCUT2D eigenvalue weighted by atomic mass is 16.2. The molecule has 0 saturated carbocycles. The SMILES string of the molecule is Cc1n[nH]c(C)c1CNc1ccccc1C(=O)N(C)C. The smallest absolute Gasteiger partial charge is 0.255 e. The second-order valence-electron chi connectivity index (χ2n) is 5.01. The number of rotatable bonds is 4. The first-order chi connectivity index (χ1) is 9.50. The van der Waals surface area contributed by atoms with Crippen LogP contribution in [0.4, 0.5) is 5.69 Å². The molecule has 1 aromatic carbocycles. The van der Waals surface area contributed by atoms with Crippen molar-refractivity contribution >= 4 is 11.6 Å². The maximum absolute atomic E-state index is 12.1. The number of H-pyrrole nitrogens is 1. The molecule has 5 nitrogen and oxygen atoms in total. The fourth-order valence-corrected chi connectivity index (χ4v) is 2.08. The molecule has 0 spiro atoms. The van der Waals surface area contributed by atoms with Crippen molar-refractivity contribution in [3.05, 3.63) is 46.8 Å². The standard InChI is InChI=1S/C15H20N4O/c1-10-13(11(2)18-17-10)9-16-14-8-6-5-7-12(14)15(20)19(3)4/h5-8,16H,9H2,1-4H3,(H,17,18). The van der Waals surface area contributed by atoms with Gasteiger partial charge in [-0.05, 0) is 26.0 Å². The fourth-order valence-electron chi connectivity index (χ4n) is 2.08. The number of aromatic amines is 1.